The molecule has 5 heteroatoms. The van der Waals surface area contributed by atoms with Crippen LogP contribution in [0.3, 0.4) is 0 Å². The molecule has 0 aromatic heterocycles. The number of benzene rings is 1. The van der Waals surface area contributed by atoms with E-state index < -0.39 is 6.61 Å². The van der Waals surface area contributed by atoms with Gasteiger partial charge in [-0.1, -0.05) is 13.0 Å². The molecule has 1 N–H and O–H groups in total. The maximum atomic E-state index is 12.2. The second-order valence-electron chi connectivity index (χ2n) is 5.25. The van der Waals surface area contributed by atoms with Crippen molar-refractivity contribution >= 4 is 0 Å². The van der Waals surface area contributed by atoms with E-state index in [0.29, 0.717) is 5.75 Å². The molecule has 1 atom stereocenters. The van der Waals surface area contributed by atoms with E-state index in [4.69, 9.17) is 4.74 Å². The van der Waals surface area contributed by atoms with Crippen molar-refractivity contribution in [2.75, 3.05) is 6.54 Å². The summed E-state index contributed by atoms with van der Waals surface area (Å²) >= 11 is 0. The summed E-state index contributed by atoms with van der Waals surface area (Å²) in [7, 11) is 0. The van der Waals surface area contributed by atoms with Gasteiger partial charge in [0.2, 0.25) is 0 Å². The summed E-state index contributed by atoms with van der Waals surface area (Å²) in [6, 6.07) is 5.05. The molecule has 0 bridgehead atoms. The molecule has 1 aromatic carbocycles. The monoisotopic (exact) mass is 271 g/mol. The summed E-state index contributed by atoms with van der Waals surface area (Å²) in [4.78, 5) is 0. The van der Waals surface area contributed by atoms with E-state index in [2.05, 4.69) is 10.1 Å². The van der Waals surface area contributed by atoms with Gasteiger partial charge in [0.25, 0.3) is 0 Å². The Kier molecular flexibility index (Phi) is 3.94. The van der Waals surface area contributed by atoms with Crippen molar-refractivity contribution in [2.45, 2.75) is 45.4 Å². The Morgan fingerprint density at radius 2 is 2.21 bits per heavy atom. The lowest BCUT2D eigenvalue weighted by Crippen LogP contribution is -2.39. The Hall–Kier alpha value is -1.36. The fourth-order valence-electron chi connectivity index (χ4n) is 2.44. The van der Waals surface area contributed by atoms with E-state index in [0.717, 1.165) is 18.5 Å². The lowest BCUT2D eigenvalue weighted by Gasteiger charge is -2.38. The van der Waals surface area contributed by atoms with E-state index in [1.807, 2.05) is 20.8 Å². The number of nitrogens with one attached hydrogen (secondary N) is 1. The minimum Gasteiger partial charge on any atom is -0.487 e. The van der Waals surface area contributed by atoms with E-state index >= 15 is 0 Å². The zero-order valence-corrected chi connectivity index (χ0v) is 11.4. The van der Waals surface area contributed by atoms with Crippen molar-refractivity contribution in [3.05, 3.63) is 23.8 Å². The smallest absolute Gasteiger partial charge is 0.387 e. The summed E-state index contributed by atoms with van der Waals surface area (Å²) in [5.41, 5.74) is 0.659. The first-order valence-corrected chi connectivity index (χ1v) is 6.42. The number of alkyl halides is 2. The van der Waals surface area contributed by atoms with Gasteiger partial charge in [0.15, 0.2) is 0 Å². The van der Waals surface area contributed by atoms with E-state index in [1.54, 1.807) is 12.1 Å². The number of ether oxygens (including phenoxy) is 2. The van der Waals surface area contributed by atoms with Crippen LogP contribution in [0.5, 0.6) is 11.5 Å². The average Bonchev–Trinajstić information content (AvgIpc) is 2.26. The highest BCUT2D eigenvalue weighted by Gasteiger charge is 2.33. The number of hydrogen-bond donors (Lipinski definition) is 1. The van der Waals surface area contributed by atoms with Gasteiger partial charge < -0.3 is 14.8 Å². The summed E-state index contributed by atoms with van der Waals surface area (Å²) in [5.74, 6) is 0.738. The van der Waals surface area contributed by atoms with Gasteiger partial charge in [0.05, 0.1) is 0 Å². The maximum absolute atomic E-state index is 12.2. The molecule has 0 radical (unpaired) electrons. The van der Waals surface area contributed by atoms with Crippen LogP contribution in [0.25, 0.3) is 0 Å². The average molecular weight is 271 g/mol. The van der Waals surface area contributed by atoms with Crippen LogP contribution in [-0.4, -0.2) is 18.8 Å². The molecular formula is C14H19F2NO2. The Labute approximate surface area is 111 Å². The first-order valence-electron chi connectivity index (χ1n) is 6.42. The molecule has 1 aliphatic heterocycles. The van der Waals surface area contributed by atoms with Gasteiger partial charge in [-0.3, -0.25) is 0 Å². The van der Waals surface area contributed by atoms with Crippen LogP contribution in [0.2, 0.25) is 0 Å². The second-order valence-corrected chi connectivity index (χ2v) is 5.25. The standard InChI is InChI=1S/C14H19F2NO2/c1-4-17-11-8-14(2,3)19-12-7-9(18-13(15)16)5-6-10(11)12/h5-7,11,13,17H,4,8H2,1-3H3. The quantitative estimate of drug-likeness (QED) is 0.909. The van der Waals surface area contributed by atoms with Crippen LogP contribution in [0.4, 0.5) is 8.78 Å². The van der Waals surface area contributed by atoms with Gasteiger partial charge in [-0.25, -0.2) is 0 Å². The Morgan fingerprint density at radius 1 is 1.47 bits per heavy atom. The molecule has 0 spiro atoms. The van der Waals surface area contributed by atoms with Crippen molar-refractivity contribution in [2.24, 2.45) is 0 Å². The van der Waals surface area contributed by atoms with Crippen LogP contribution >= 0.6 is 0 Å². The highest BCUT2D eigenvalue weighted by molar-refractivity contribution is 5.44. The summed E-state index contributed by atoms with van der Waals surface area (Å²) in [5, 5.41) is 3.39. The largest absolute Gasteiger partial charge is 0.487 e. The number of rotatable bonds is 4. The van der Waals surface area contributed by atoms with Crippen molar-refractivity contribution in [1.29, 1.82) is 0 Å². The van der Waals surface area contributed by atoms with Crippen LogP contribution < -0.4 is 14.8 Å². The topological polar surface area (TPSA) is 30.5 Å². The third-order valence-electron chi connectivity index (χ3n) is 3.12. The number of hydrogen-bond acceptors (Lipinski definition) is 3. The van der Waals surface area contributed by atoms with Crippen molar-refractivity contribution in [3.63, 3.8) is 0 Å². The van der Waals surface area contributed by atoms with Gasteiger partial charge in [-0.2, -0.15) is 8.78 Å². The Bertz CT molecular complexity index is 449. The lowest BCUT2D eigenvalue weighted by molar-refractivity contribution is -0.0501. The summed E-state index contributed by atoms with van der Waals surface area (Å²) in [6.45, 7) is 4.03. The molecule has 0 saturated heterocycles. The molecule has 106 valence electrons. The van der Waals surface area contributed by atoms with Crippen LogP contribution in [0.15, 0.2) is 18.2 Å². The van der Waals surface area contributed by atoms with Gasteiger partial charge >= 0.3 is 6.61 Å². The fraction of sp³-hybridized carbons (Fsp3) is 0.571. The van der Waals surface area contributed by atoms with Crippen molar-refractivity contribution in [3.8, 4) is 11.5 Å². The molecule has 0 saturated carbocycles. The molecule has 0 aliphatic carbocycles. The molecule has 1 aliphatic rings. The minimum atomic E-state index is -2.82. The molecule has 1 heterocycles. The van der Waals surface area contributed by atoms with Crippen molar-refractivity contribution < 1.29 is 18.3 Å². The molecule has 3 nitrogen and oxygen atoms in total. The van der Waals surface area contributed by atoms with E-state index in [-0.39, 0.29) is 17.4 Å². The van der Waals surface area contributed by atoms with Crippen LogP contribution in [0.1, 0.15) is 38.8 Å². The zero-order valence-electron chi connectivity index (χ0n) is 11.4. The van der Waals surface area contributed by atoms with Crippen LogP contribution in [0, 0.1) is 0 Å². The molecule has 19 heavy (non-hydrogen) atoms. The van der Waals surface area contributed by atoms with E-state index in [1.165, 1.54) is 6.07 Å². The van der Waals surface area contributed by atoms with Gasteiger partial charge in [0, 0.05) is 24.1 Å². The highest BCUT2D eigenvalue weighted by Crippen LogP contribution is 2.41. The summed E-state index contributed by atoms with van der Waals surface area (Å²) in [6.07, 6.45) is 0.836. The van der Waals surface area contributed by atoms with Crippen LogP contribution in [-0.2, 0) is 0 Å². The number of halogens is 2. The molecular weight excluding hydrogens is 252 g/mol. The maximum Gasteiger partial charge on any atom is 0.387 e. The molecule has 1 unspecified atom stereocenters. The third-order valence-corrected chi connectivity index (χ3v) is 3.12. The van der Waals surface area contributed by atoms with E-state index in [9.17, 15) is 8.78 Å². The van der Waals surface area contributed by atoms with Gasteiger partial charge in [-0.05, 0) is 26.5 Å². The fourth-order valence-corrected chi connectivity index (χ4v) is 2.44. The predicted octanol–water partition coefficient (Wildman–Crippen LogP) is 3.50. The predicted molar refractivity (Wildman–Crippen MR) is 68.8 cm³/mol. The molecule has 0 amide bonds. The second kappa shape index (κ2) is 5.33. The lowest BCUT2D eigenvalue weighted by atomic mass is 9.89. The zero-order chi connectivity index (χ0) is 14.0. The van der Waals surface area contributed by atoms with Gasteiger partial charge in [0.1, 0.15) is 17.1 Å². The van der Waals surface area contributed by atoms with Gasteiger partial charge in [-0.15, -0.1) is 0 Å². The first kappa shape index (κ1) is 14.1. The Morgan fingerprint density at radius 3 is 2.84 bits per heavy atom. The highest BCUT2D eigenvalue weighted by atomic mass is 19.3. The first-order chi connectivity index (χ1) is 8.91. The summed E-state index contributed by atoms with van der Waals surface area (Å²) < 4.78 is 34.7. The third kappa shape index (κ3) is 3.35. The number of fused-ring (bicyclic) bond motifs is 1. The minimum absolute atomic E-state index is 0.127. The molecule has 0 fully saturated rings. The molecule has 2 rings (SSSR count). The SMILES string of the molecule is CCNC1CC(C)(C)Oc2cc(OC(F)F)ccc21. The van der Waals surface area contributed by atoms with Crippen molar-refractivity contribution in [1.82, 2.24) is 5.32 Å². The normalized spacial score (nSPS) is 20.8. The molecule has 1 aromatic rings. The Balaban J connectivity index is 2.31.